The van der Waals surface area contributed by atoms with E-state index in [1.807, 2.05) is 6.92 Å². The molecule has 178 valence electrons. The number of anilines is 1. The zero-order valence-electron chi connectivity index (χ0n) is 18.9. The number of aromatic amines is 1. The maximum Gasteiger partial charge on any atom is 0.286 e. The van der Waals surface area contributed by atoms with E-state index >= 15 is 0 Å². The van der Waals surface area contributed by atoms with E-state index in [0.717, 1.165) is 0 Å². The van der Waals surface area contributed by atoms with Crippen LogP contribution in [0.4, 0.5) is 5.95 Å². The smallest absolute Gasteiger partial charge is 0.286 e. The highest BCUT2D eigenvalue weighted by Gasteiger charge is 2.21. The molecule has 2 aromatic carbocycles. The number of fused-ring (bicyclic) bond motifs is 1. The number of primary sulfonamides is 1. The Hall–Kier alpha value is -3.51. The van der Waals surface area contributed by atoms with Crippen molar-refractivity contribution in [3.8, 4) is 23.0 Å². The van der Waals surface area contributed by atoms with Crippen LogP contribution in [0.3, 0.4) is 0 Å². The van der Waals surface area contributed by atoms with Crippen molar-refractivity contribution in [1.29, 1.82) is 0 Å². The van der Waals surface area contributed by atoms with Gasteiger partial charge in [-0.05, 0) is 31.0 Å². The molecule has 1 heterocycles. The Labute approximate surface area is 190 Å². The normalized spacial score (nSPS) is 12.3. The Morgan fingerprint density at radius 3 is 2.27 bits per heavy atom. The van der Waals surface area contributed by atoms with Crippen molar-refractivity contribution in [2.75, 3.05) is 33.8 Å². The van der Waals surface area contributed by atoms with Crippen LogP contribution in [0.25, 0.3) is 10.9 Å². The van der Waals surface area contributed by atoms with Gasteiger partial charge in [0.1, 0.15) is 16.0 Å². The lowest BCUT2D eigenvalue weighted by atomic mass is 10.1. The van der Waals surface area contributed by atoms with Gasteiger partial charge >= 0.3 is 0 Å². The molecule has 0 radical (unpaired) electrons. The van der Waals surface area contributed by atoms with Gasteiger partial charge in [0.15, 0.2) is 11.5 Å². The molecule has 1 aromatic heterocycles. The van der Waals surface area contributed by atoms with Crippen LogP contribution < -0.4 is 35.0 Å². The number of sulfonamides is 1. The van der Waals surface area contributed by atoms with Crippen LogP contribution in [-0.4, -0.2) is 52.9 Å². The predicted molar refractivity (Wildman–Crippen MR) is 123 cm³/mol. The van der Waals surface area contributed by atoms with Gasteiger partial charge in [0.05, 0.1) is 34.0 Å². The van der Waals surface area contributed by atoms with Crippen LogP contribution in [0.1, 0.15) is 12.5 Å². The fraction of sp³-hybridized carbons (Fsp3) is 0.333. The average molecular weight is 479 g/mol. The summed E-state index contributed by atoms with van der Waals surface area (Å²) in [5.41, 5.74) is 0.633. The third-order valence-electron chi connectivity index (χ3n) is 4.97. The van der Waals surface area contributed by atoms with Crippen LogP contribution in [0.15, 0.2) is 34.0 Å². The number of hydrogen-bond acceptors (Lipinski definition) is 9. The van der Waals surface area contributed by atoms with Gasteiger partial charge in [0.25, 0.3) is 5.56 Å². The lowest BCUT2D eigenvalue weighted by Gasteiger charge is -2.17. The topological polar surface area (TPSA) is 155 Å². The number of nitrogens with zero attached hydrogens (tertiary/aromatic N) is 1. The van der Waals surface area contributed by atoms with Gasteiger partial charge in [-0.1, -0.05) is 6.07 Å². The fourth-order valence-electron chi connectivity index (χ4n) is 3.56. The van der Waals surface area contributed by atoms with Crippen molar-refractivity contribution < 1.29 is 27.4 Å². The van der Waals surface area contributed by atoms with Gasteiger partial charge in [-0.3, -0.25) is 4.79 Å². The molecule has 0 spiro atoms. The second kappa shape index (κ2) is 9.55. The molecule has 0 bridgehead atoms. The predicted octanol–water partition coefficient (Wildman–Crippen LogP) is 1.65. The van der Waals surface area contributed by atoms with Gasteiger partial charge in [-0.2, -0.15) is 4.98 Å². The largest absolute Gasteiger partial charge is 0.495 e. The molecule has 0 saturated carbocycles. The molecule has 1 atom stereocenters. The summed E-state index contributed by atoms with van der Waals surface area (Å²) >= 11 is 0. The number of ether oxygens (including phenoxy) is 4. The van der Waals surface area contributed by atoms with Crippen molar-refractivity contribution in [1.82, 2.24) is 9.97 Å². The van der Waals surface area contributed by atoms with Crippen molar-refractivity contribution in [2.24, 2.45) is 5.14 Å². The monoisotopic (exact) mass is 478 g/mol. The van der Waals surface area contributed by atoms with Crippen LogP contribution in [0.5, 0.6) is 23.0 Å². The molecule has 3 rings (SSSR count). The summed E-state index contributed by atoms with van der Waals surface area (Å²) in [6.45, 7) is 1.86. The van der Waals surface area contributed by atoms with E-state index < -0.39 is 15.6 Å². The summed E-state index contributed by atoms with van der Waals surface area (Å²) in [6, 6.07) is 6.14. The number of benzene rings is 2. The third-order valence-corrected chi connectivity index (χ3v) is 5.90. The standard InChI is InChI=1S/C21H26N4O7S/c1-11(8-12-6-7-14(29-2)16(9-12)33(22,27)28)23-21-24-13-10-15(30-3)18(31-4)19(32-5)17(13)20(26)25-21/h6-7,9-11H,8H2,1-5H3,(H2,22,27,28)(H2,23,24,25,26). The van der Waals surface area contributed by atoms with E-state index in [0.29, 0.717) is 29.0 Å². The summed E-state index contributed by atoms with van der Waals surface area (Å²) < 4.78 is 44.8. The lowest BCUT2D eigenvalue weighted by molar-refractivity contribution is 0.327. The zero-order valence-corrected chi connectivity index (χ0v) is 19.7. The highest BCUT2D eigenvalue weighted by atomic mass is 32.2. The summed E-state index contributed by atoms with van der Waals surface area (Å²) in [4.78, 5) is 19.8. The lowest BCUT2D eigenvalue weighted by Crippen LogP contribution is -2.23. The molecule has 0 aliphatic rings. The number of H-pyrrole nitrogens is 1. The molecule has 0 aliphatic carbocycles. The highest BCUT2D eigenvalue weighted by molar-refractivity contribution is 7.89. The second-order valence-corrected chi connectivity index (χ2v) is 8.77. The first-order valence-electron chi connectivity index (χ1n) is 9.82. The molecule has 3 aromatic rings. The Bertz CT molecular complexity index is 1340. The SMILES string of the molecule is COc1ccc(CC(C)Nc2nc(=O)c3c(OC)c(OC)c(OC)cc3[nH]2)cc1S(N)(=O)=O. The van der Waals surface area contributed by atoms with Crippen LogP contribution in [-0.2, 0) is 16.4 Å². The van der Waals surface area contributed by atoms with E-state index in [1.165, 1.54) is 34.5 Å². The summed E-state index contributed by atoms with van der Waals surface area (Å²) in [5.74, 6) is 1.29. The Morgan fingerprint density at radius 1 is 1.03 bits per heavy atom. The maximum absolute atomic E-state index is 12.8. The van der Waals surface area contributed by atoms with Crippen molar-refractivity contribution >= 4 is 26.9 Å². The minimum atomic E-state index is -3.95. The van der Waals surface area contributed by atoms with E-state index in [9.17, 15) is 13.2 Å². The molecule has 12 heteroatoms. The Balaban J connectivity index is 1.93. The van der Waals surface area contributed by atoms with Gasteiger partial charge in [0, 0.05) is 12.1 Å². The van der Waals surface area contributed by atoms with E-state index in [4.69, 9.17) is 24.1 Å². The first kappa shape index (κ1) is 24.1. The summed E-state index contributed by atoms with van der Waals surface area (Å²) in [7, 11) is 1.78. The van der Waals surface area contributed by atoms with Crippen molar-refractivity contribution in [3.05, 3.63) is 40.2 Å². The fourth-order valence-corrected chi connectivity index (χ4v) is 4.30. The number of hydrogen-bond donors (Lipinski definition) is 3. The second-order valence-electron chi connectivity index (χ2n) is 7.24. The molecule has 0 fully saturated rings. The Morgan fingerprint density at radius 2 is 1.70 bits per heavy atom. The molecule has 1 unspecified atom stereocenters. The van der Waals surface area contributed by atoms with E-state index in [1.54, 1.807) is 18.2 Å². The Kier molecular flexibility index (Phi) is 6.98. The summed E-state index contributed by atoms with van der Waals surface area (Å²) in [5, 5.41) is 8.64. The molecular formula is C21H26N4O7S. The number of methoxy groups -OCH3 is 4. The van der Waals surface area contributed by atoms with Gasteiger partial charge < -0.3 is 29.2 Å². The third kappa shape index (κ3) is 4.96. The average Bonchev–Trinajstić information content (AvgIpc) is 2.76. The molecule has 0 saturated heterocycles. The quantitative estimate of drug-likeness (QED) is 0.416. The molecule has 0 amide bonds. The van der Waals surface area contributed by atoms with Crippen LogP contribution in [0, 0.1) is 0 Å². The minimum absolute atomic E-state index is 0.0972. The number of nitrogens with one attached hydrogen (secondary N) is 2. The number of nitrogens with two attached hydrogens (primary N) is 1. The minimum Gasteiger partial charge on any atom is -0.495 e. The maximum atomic E-state index is 12.8. The van der Waals surface area contributed by atoms with Crippen LogP contribution >= 0.6 is 0 Å². The van der Waals surface area contributed by atoms with Crippen molar-refractivity contribution in [2.45, 2.75) is 24.3 Å². The molecule has 11 nitrogen and oxygen atoms in total. The first-order chi connectivity index (χ1) is 15.6. The van der Waals surface area contributed by atoms with Gasteiger partial charge in [-0.25, -0.2) is 13.6 Å². The van der Waals surface area contributed by atoms with Gasteiger partial charge in [0.2, 0.25) is 21.7 Å². The first-order valence-corrected chi connectivity index (χ1v) is 11.4. The molecule has 0 aliphatic heterocycles. The highest BCUT2D eigenvalue weighted by Crippen LogP contribution is 2.41. The van der Waals surface area contributed by atoms with Gasteiger partial charge in [-0.15, -0.1) is 0 Å². The van der Waals surface area contributed by atoms with Crippen molar-refractivity contribution in [3.63, 3.8) is 0 Å². The number of rotatable bonds is 9. The number of aromatic nitrogens is 2. The molecular weight excluding hydrogens is 452 g/mol. The van der Waals surface area contributed by atoms with E-state index in [-0.39, 0.29) is 33.8 Å². The molecule has 33 heavy (non-hydrogen) atoms. The molecule has 4 N–H and O–H groups in total. The summed E-state index contributed by atoms with van der Waals surface area (Å²) in [6.07, 6.45) is 0.420. The van der Waals surface area contributed by atoms with E-state index in [2.05, 4.69) is 15.3 Å². The van der Waals surface area contributed by atoms with Crippen LogP contribution in [0.2, 0.25) is 0 Å². The zero-order chi connectivity index (χ0) is 24.3.